The molecule has 3 fully saturated rings. The van der Waals surface area contributed by atoms with E-state index in [9.17, 15) is 19.4 Å². The molecular weight excluding hydrogens is 566 g/mol. The topological polar surface area (TPSA) is 99.0 Å². The molecule has 0 radical (unpaired) electrons. The number of phenols is 1. The quantitative estimate of drug-likeness (QED) is 0.319. The number of phenolic OH excluding ortho intramolecular Hbond substituents is 1. The number of fused-ring (bicyclic) bond motifs is 1. The van der Waals surface area contributed by atoms with Crippen LogP contribution in [-0.2, 0) is 4.79 Å². The monoisotopic (exact) mass is 600 g/mol. The third-order valence-electron chi connectivity index (χ3n) is 9.06. The van der Waals surface area contributed by atoms with Gasteiger partial charge in [0.2, 0.25) is 0 Å². The van der Waals surface area contributed by atoms with Crippen LogP contribution in [0.1, 0.15) is 46.0 Å². The summed E-state index contributed by atoms with van der Waals surface area (Å²) in [7, 11) is 0. The molecule has 0 amide bonds. The Morgan fingerprint density at radius 1 is 1.17 bits per heavy atom. The van der Waals surface area contributed by atoms with Gasteiger partial charge in [0.05, 0.1) is 22.6 Å². The molecular formula is C31H35ClF2N4O4. The van der Waals surface area contributed by atoms with Crippen molar-refractivity contribution in [3.05, 3.63) is 40.9 Å². The average molecular weight is 601 g/mol. The van der Waals surface area contributed by atoms with Gasteiger partial charge in [0.1, 0.15) is 22.9 Å². The van der Waals surface area contributed by atoms with Gasteiger partial charge in [-0.25, -0.2) is 8.78 Å². The van der Waals surface area contributed by atoms with Gasteiger partial charge in [0, 0.05) is 49.1 Å². The van der Waals surface area contributed by atoms with Crippen LogP contribution in [0.2, 0.25) is 5.02 Å². The molecule has 2 aliphatic heterocycles. The van der Waals surface area contributed by atoms with E-state index >= 15 is 4.39 Å². The van der Waals surface area contributed by atoms with Crippen molar-refractivity contribution < 1.29 is 28.5 Å². The number of rotatable bonds is 8. The van der Waals surface area contributed by atoms with Crippen molar-refractivity contribution in [2.45, 2.75) is 46.0 Å². The van der Waals surface area contributed by atoms with E-state index in [0.29, 0.717) is 43.4 Å². The van der Waals surface area contributed by atoms with Gasteiger partial charge in [-0.1, -0.05) is 30.5 Å². The molecule has 1 saturated carbocycles. The van der Waals surface area contributed by atoms with E-state index in [2.05, 4.69) is 14.8 Å². The summed E-state index contributed by atoms with van der Waals surface area (Å²) in [6, 6.07) is 5.34. The van der Waals surface area contributed by atoms with Crippen molar-refractivity contribution in [2.75, 3.05) is 44.2 Å². The molecule has 3 heterocycles. The minimum Gasteiger partial charge on any atom is -0.507 e. The molecule has 6 rings (SSSR count). The summed E-state index contributed by atoms with van der Waals surface area (Å²) in [4.78, 5) is 25.0. The Morgan fingerprint density at radius 3 is 2.60 bits per heavy atom. The standard InChI is InChI=1S/C31H35ClF2N4O4/c1-30(2,28(40)41)14-37-15-31(16-37)10-11-38(17-31)27-19-12-20(32)23(24-21(33)8-5-9-22(24)39)25(34)26(19)35-29(36-27)42-13-18-6-3-4-7-18/h5,8-9,12,18,39H,3-4,6-7,10-11,13-17H2,1-2H3,(H,40,41). The first-order valence-corrected chi connectivity index (χ1v) is 14.9. The molecule has 3 aliphatic rings. The number of nitrogens with zero attached hydrogens (tertiary/aromatic N) is 4. The van der Waals surface area contributed by atoms with E-state index < -0.39 is 28.8 Å². The molecule has 11 heteroatoms. The van der Waals surface area contributed by atoms with Gasteiger partial charge >= 0.3 is 12.0 Å². The predicted octanol–water partition coefficient (Wildman–Crippen LogP) is 6.13. The Hall–Kier alpha value is -3.24. The number of hydrogen-bond acceptors (Lipinski definition) is 7. The fourth-order valence-electron chi connectivity index (χ4n) is 6.84. The van der Waals surface area contributed by atoms with Crippen molar-refractivity contribution in [1.29, 1.82) is 0 Å². The SMILES string of the molecule is CC(C)(CN1CC2(CCN(c3nc(OCC4CCCC4)nc4c(F)c(-c5c(O)cccc5F)c(Cl)cc34)C2)C1)C(=O)O. The zero-order valence-corrected chi connectivity index (χ0v) is 24.6. The van der Waals surface area contributed by atoms with Gasteiger partial charge in [-0.3, -0.25) is 4.79 Å². The second kappa shape index (κ2) is 10.8. The molecule has 0 atom stereocenters. The number of ether oxygens (including phenoxy) is 1. The van der Waals surface area contributed by atoms with Crippen molar-refractivity contribution >= 4 is 34.3 Å². The van der Waals surface area contributed by atoms with Gasteiger partial charge in [0.25, 0.3) is 0 Å². The Morgan fingerprint density at radius 2 is 1.90 bits per heavy atom. The van der Waals surface area contributed by atoms with E-state index in [4.69, 9.17) is 21.3 Å². The van der Waals surface area contributed by atoms with Crippen molar-refractivity contribution in [2.24, 2.45) is 16.7 Å². The molecule has 2 N–H and O–H groups in total. The number of hydrogen-bond donors (Lipinski definition) is 2. The highest BCUT2D eigenvalue weighted by molar-refractivity contribution is 6.34. The first-order valence-electron chi connectivity index (χ1n) is 14.5. The van der Waals surface area contributed by atoms with E-state index in [-0.39, 0.29) is 33.1 Å². The number of carbonyl (C=O) groups is 1. The number of anilines is 1. The van der Waals surface area contributed by atoms with E-state index in [0.717, 1.165) is 51.3 Å². The summed E-state index contributed by atoms with van der Waals surface area (Å²) in [6.07, 6.45) is 5.29. The van der Waals surface area contributed by atoms with Crippen molar-refractivity contribution in [1.82, 2.24) is 14.9 Å². The van der Waals surface area contributed by atoms with Gasteiger partial charge < -0.3 is 24.7 Å². The molecule has 1 aliphatic carbocycles. The number of likely N-dealkylation sites (tertiary alicyclic amines) is 1. The van der Waals surface area contributed by atoms with E-state index in [1.165, 1.54) is 18.2 Å². The van der Waals surface area contributed by atoms with Crippen LogP contribution >= 0.6 is 11.6 Å². The summed E-state index contributed by atoms with van der Waals surface area (Å²) in [5, 5.41) is 20.2. The third-order valence-corrected chi connectivity index (χ3v) is 9.36. The van der Waals surface area contributed by atoms with Crippen molar-refractivity contribution in [3.8, 4) is 22.9 Å². The number of aromatic hydroxyl groups is 1. The lowest BCUT2D eigenvalue weighted by atomic mass is 9.77. The van der Waals surface area contributed by atoms with Crippen LogP contribution in [0.5, 0.6) is 11.8 Å². The molecule has 0 unspecified atom stereocenters. The van der Waals surface area contributed by atoms with Gasteiger partial charge in [0.15, 0.2) is 5.82 Å². The maximum absolute atomic E-state index is 16.3. The first kappa shape index (κ1) is 28.9. The first-order chi connectivity index (χ1) is 20.0. The number of aliphatic carboxylic acids is 1. The Kier molecular flexibility index (Phi) is 7.42. The van der Waals surface area contributed by atoms with Crippen LogP contribution in [0, 0.1) is 28.4 Å². The lowest BCUT2D eigenvalue weighted by Gasteiger charge is -2.50. The van der Waals surface area contributed by atoms with E-state index in [1.807, 2.05) is 0 Å². The van der Waals surface area contributed by atoms with Gasteiger partial charge in [-0.15, -0.1) is 0 Å². The summed E-state index contributed by atoms with van der Waals surface area (Å²) in [5.74, 6) is -2.02. The Bertz CT molecular complexity index is 1520. The number of halogens is 3. The highest BCUT2D eigenvalue weighted by Gasteiger charge is 2.49. The van der Waals surface area contributed by atoms with Crippen LogP contribution in [-0.4, -0.2) is 70.4 Å². The zero-order chi connectivity index (χ0) is 29.8. The highest BCUT2D eigenvalue weighted by Crippen LogP contribution is 2.46. The smallest absolute Gasteiger partial charge is 0.319 e. The number of benzene rings is 2. The molecule has 3 aromatic rings. The molecule has 2 saturated heterocycles. The van der Waals surface area contributed by atoms with Crippen LogP contribution in [0.3, 0.4) is 0 Å². The molecule has 2 aromatic carbocycles. The number of aromatic nitrogens is 2. The lowest BCUT2D eigenvalue weighted by Crippen LogP contribution is -2.60. The maximum atomic E-state index is 16.3. The molecule has 224 valence electrons. The summed E-state index contributed by atoms with van der Waals surface area (Å²) in [6.45, 7) is 7.20. The maximum Gasteiger partial charge on any atom is 0.319 e. The van der Waals surface area contributed by atoms with Gasteiger partial charge in [-0.05, 0) is 57.2 Å². The van der Waals surface area contributed by atoms with Crippen LogP contribution in [0.4, 0.5) is 14.6 Å². The second-order valence-electron chi connectivity index (χ2n) is 12.9. The third kappa shape index (κ3) is 5.24. The molecule has 1 spiro atoms. The largest absolute Gasteiger partial charge is 0.507 e. The predicted molar refractivity (Wildman–Crippen MR) is 156 cm³/mol. The average Bonchev–Trinajstić information content (AvgIpc) is 3.59. The summed E-state index contributed by atoms with van der Waals surface area (Å²) in [5.41, 5.74) is -1.51. The number of carboxylic acids is 1. The fraction of sp³-hybridized carbons (Fsp3) is 0.516. The summed E-state index contributed by atoms with van der Waals surface area (Å²) < 4.78 is 37.1. The minimum atomic E-state index is -0.855. The highest BCUT2D eigenvalue weighted by atomic mass is 35.5. The lowest BCUT2D eigenvalue weighted by molar-refractivity contribution is -0.150. The van der Waals surface area contributed by atoms with Crippen LogP contribution < -0.4 is 9.64 Å². The Labute approximate surface area is 248 Å². The minimum absolute atomic E-state index is 0.0298. The zero-order valence-electron chi connectivity index (χ0n) is 23.8. The van der Waals surface area contributed by atoms with Gasteiger partial charge in [-0.2, -0.15) is 9.97 Å². The van der Waals surface area contributed by atoms with Crippen LogP contribution in [0.25, 0.3) is 22.0 Å². The van der Waals surface area contributed by atoms with Crippen LogP contribution in [0.15, 0.2) is 24.3 Å². The molecule has 1 aromatic heterocycles. The normalized spacial score (nSPS) is 19.1. The number of carboxylic acid groups (broad SMARTS) is 1. The van der Waals surface area contributed by atoms with E-state index in [1.54, 1.807) is 13.8 Å². The second-order valence-corrected chi connectivity index (χ2v) is 13.3. The molecule has 0 bridgehead atoms. The molecule has 8 nitrogen and oxygen atoms in total. The Balaban J connectivity index is 1.35. The van der Waals surface area contributed by atoms with Crippen molar-refractivity contribution in [3.63, 3.8) is 0 Å². The summed E-state index contributed by atoms with van der Waals surface area (Å²) >= 11 is 6.58. The molecule has 42 heavy (non-hydrogen) atoms. The fourth-order valence-corrected chi connectivity index (χ4v) is 7.13.